The Balaban J connectivity index is 1.88. The van der Waals surface area contributed by atoms with Gasteiger partial charge in [-0.25, -0.2) is 4.98 Å². The Morgan fingerprint density at radius 2 is 1.91 bits per heavy atom. The summed E-state index contributed by atoms with van der Waals surface area (Å²) >= 11 is 1.04. The van der Waals surface area contributed by atoms with Gasteiger partial charge in [-0.1, -0.05) is 0 Å². The topological polar surface area (TPSA) is 81.0 Å². The molecule has 0 aliphatic carbocycles. The zero-order chi connectivity index (χ0) is 15.9. The van der Waals surface area contributed by atoms with Crippen LogP contribution in [0.15, 0.2) is 4.79 Å². The van der Waals surface area contributed by atoms with Gasteiger partial charge in [0.1, 0.15) is 5.82 Å². The fourth-order valence-electron chi connectivity index (χ4n) is 2.65. The van der Waals surface area contributed by atoms with Crippen LogP contribution in [0.1, 0.15) is 33.3 Å². The van der Waals surface area contributed by atoms with E-state index in [1.54, 1.807) is 23.4 Å². The van der Waals surface area contributed by atoms with Gasteiger partial charge in [0.05, 0.1) is 23.1 Å². The fourth-order valence-corrected chi connectivity index (χ4v) is 3.19. The molecule has 0 aromatic carbocycles. The van der Waals surface area contributed by atoms with E-state index in [0.717, 1.165) is 23.0 Å². The highest BCUT2D eigenvalue weighted by molar-refractivity contribution is 6.99. The molecule has 1 aliphatic heterocycles. The van der Waals surface area contributed by atoms with E-state index in [0.29, 0.717) is 43.1 Å². The lowest BCUT2D eigenvalue weighted by Crippen LogP contribution is -2.34. The van der Waals surface area contributed by atoms with E-state index in [2.05, 4.69) is 13.7 Å². The van der Waals surface area contributed by atoms with E-state index in [-0.39, 0.29) is 11.5 Å². The van der Waals surface area contributed by atoms with Crippen LogP contribution in [0.4, 0.5) is 0 Å². The smallest absolute Gasteiger partial charge is 0.275 e. The lowest BCUT2D eigenvalue weighted by Gasteiger charge is -2.18. The molecule has 0 spiro atoms. The summed E-state index contributed by atoms with van der Waals surface area (Å²) in [7, 11) is 1.73. The number of rotatable bonds is 1. The molecule has 22 heavy (non-hydrogen) atoms. The van der Waals surface area contributed by atoms with Crippen molar-refractivity contribution in [2.75, 3.05) is 13.1 Å². The number of amides is 1. The van der Waals surface area contributed by atoms with Crippen LogP contribution in [-0.4, -0.2) is 42.2 Å². The summed E-state index contributed by atoms with van der Waals surface area (Å²) in [5.41, 5.74) is 2.58. The van der Waals surface area contributed by atoms with E-state index >= 15 is 0 Å². The van der Waals surface area contributed by atoms with Crippen LogP contribution in [-0.2, 0) is 19.9 Å². The molecule has 0 saturated heterocycles. The largest absolute Gasteiger partial charge is 0.336 e. The normalized spacial score (nSPS) is 14.6. The van der Waals surface area contributed by atoms with Crippen LogP contribution in [0.3, 0.4) is 0 Å². The van der Waals surface area contributed by atoms with Crippen LogP contribution in [0.25, 0.3) is 0 Å². The van der Waals surface area contributed by atoms with Crippen LogP contribution in [0.2, 0.25) is 0 Å². The van der Waals surface area contributed by atoms with Crippen LogP contribution in [0.5, 0.6) is 0 Å². The summed E-state index contributed by atoms with van der Waals surface area (Å²) in [6, 6.07) is 0. The third kappa shape index (κ3) is 2.43. The van der Waals surface area contributed by atoms with Gasteiger partial charge in [0.2, 0.25) is 0 Å². The first-order valence-corrected chi connectivity index (χ1v) is 7.86. The molecular formula is C14H17N5O2S. The molecule has 0 N–H and O–H groups in total. The van der Waals surface area contributed by atoms with Crippen molar-refractivity contribution in [1.29, 1.82) is 0 Å². The molecule has 0 radical (unpaired) electrons. The molecule has 3 rings (SSSR count). The van der Waals surface area contributed by atoms with Crippen LogP contribution in [0, 0.1) is 13.8 Å². The third-order valence-corrected chi connectivity index (χ3v) is 4.71. The third-order valence-electron chi connectivity index (χ3n) is 4.09. The molecule has 1 aliphatic rings. The van der Waals surface area contributed by atoms with Crippen LogP contribution < -0.4 is 5.56 Å². The maximum Gasteiger partial charge on any atom is 0.275 e. The van der Waals surface area contributed by atoms with Crippen molar-refractivity contribution in [3.05, 3.63) is 38.8 Å². The number of aryl methyl sites for hydroxylation is 2. The van der Waals surface area contributed by atoms with E-state index in [1.807, 2.05) is 6.92 Å². The average molecular weight is 319 g/mol. The van der Waals surface area contributed by atoms with E-state index in [4.69, 9.17) is 0 Å². The Labute approximate surface area is 131 Å². The minimum Gasteiger partial charge on any atom is -0.336 e. The minimum atomic E-state index is -0.118. The molecule has 7 nitrogen and oxygen atoms in total. The number of hydrogen-bond donors (Lipinski definition) is 0. The molecule has 0 atom stereocenters. The Morgan fingerprint density at radius 1 is 1.18 bits per heavy atom. The second kappa shape index (κ2) is 5.60. The summed E-state index contributed by atoms with van der Waals surface area (Å²) in [6.07, 6.45) is 1.12. The van der Waals surface area contributed by atoms with Crippen molar-refractivity contribution in [1.82, 2.24) is 23.2 Å². The summed E-state index contributed by atoms with van der Waals surface area (Å²) in [5, 5.41) is 0. The zero-order valence-corrected chi connectivity index (χ0v) is 13.6. The summed E-state index contributed by atoms with van der Waals surface area (Å²) in [5.74, 6) is 0.579. The molecule has 0 fully saturated rings. The highest BCUT2D eigenvalue weighted by atomic mass is 32.1. The summed E-state index contributed by atoms with van der Waals surface area (Å²) in [4.78, 5) is 31.1. The lowest BCUT2D eigenvalue weighted by atomic mass is 10.1. The SMILES string of the molecule is Cc1nsnc1C(=O)N1CCc2nc(C)n(C)c(=O)c2CC1. The number of hydrogen-bond acceptors (Lipinski definition) is 6. The summed E-state index contributed by atoms with van der Waals surface area (Å²) < 4.78 is 9.68. The number of carbonyl (C=O) groups excluding carboxylic acids is 1. The highest BCUT2D eigenvalue weighted by Gasteiger charge is 2.25. The first-order valence-electron chi connectivity index (χ1n) is 7.13. The molecule has 0 unspecified atom stereocenters. The van der Waals surface area contributed by atoms with Gasteiger partial charge in [0, 0.05) is 32.1 Å². The second-order valence-electron chi connectivity index (χ2n) is 5.44. The van der Waals surface area contributed by atoms with Crippen molar-refractivity contribution in [2.45, 2.75) is 26.7 Å². The van der Waals surface area contributed by atoms with Gasteiger partial charge >= 0.3 is 0 Å². The van der Waals surface area contributed by atoms with Gasteiger partial charge in [-0.15, -0.1) is 0 Å². The molecule has 3 heterocycles. The van der Waals surface area contributed by atoms with Crippen molar-refractivity contribution in [2.24, 2.45) is 7.05 Å². The Morgan fingerprint density at radius 3 is 2.59 bits per heavy atom. The maximum absolute atomic E-state index is 12.5. The lowest BCUT2D eigenvalue weighted by molar-refractivity contribution is 0.0757. The van der Waals surface area contributed by atoms with E-state index < -0.39 is 0 Å². The molecule has 2 aromatic heterocycles. The molecule has 2 aromatic rings. The summed E-state index contributed by atoms with van der Waals surface area (Å²) in [6.45, 7) is 4.65. The molecule has 0 bridgehead atoms. The van der Waals surface area contributed by atoms with Gasteiger partial charge in [-0.3, -0.25) is 14.2 Å². The Bertz CT molecular complexity index is 795. The molecular weight excluding hydrogens is 302 g/mol. The van der Waals surface area contributed by atoms with Gasteiger partial charge in [0.15, 0.2) is 5.69 Å². The van der Waals surface area contributed by atoms with Gasteiger partial charge < -0.3 is 4.90 Å². The molecule has 116 valence electrons. The fraction of sp³-hybridized carbons (Fsp3) is 0.500. The number of fused-ring (bicyclic) bond motifs is 1. The minimum absolute atomic E-state index is 0.0108. The average Bonchev–Trinajstić information content (AvgIpc) is 2.80. The number of aromatic nitrogens is 4. The molecule has 0 saturated carbocycles. The maximum atomic E-state index is 12.5. The second-order valence-corrected chi connectivity index (χ2v) is 5.97. The quantitative estimate of drug-likeness (QED) is 0.764. The first-order chi connectivity index (χ1) is 10.5. The standard InChI is InChI=1S/C14H17N5O2S/c1-8-12(17-22-16-8)14(21)19-6-4-10-11(5-7-19)15-9(2)18(3)13(10)20/h4-7H2,1-3H3. The zero-order valence-electron chi connectivity index (χ0n) is 12.8. The van der Waals surface area contributed by atoms with Crippen LogP contribution >= 0.6 is 11.7 Å². The van der Waals surface area contributed by atoms with Gasteiger partial charge in [0.25, 0.3) is 11.5 Å². The Kier molecular flexibility index (Phi) is 3.78. The Hall–Kier alpha value is -2.09. The van der Waals surface area contributed by atoms with Crippen molar-refractivity contribution in [3.8, 4) is 0 Å². The predicted octanol–water partition coefficient (Wildman–Crippen LogP) is 0.490. The highest BCUT2D eigenvalue weighted by Crippen LogP contribution is 2.15. The van der Waals surface area contributed by atoms with Gasteiger partial charge in [-0.2, -0.15) is 8.75 Å². The first kappa shape index (κ1) is 14.8. The van der Waals surface area contributed by atoms with Crippen molar-refractivity contribution < 1.29 is 4.79 Å². The molecule has 8 heteroatoms. The van der Waals surface area contributed by atoms with Crippen molar-refractivity contribution in [3.63, 3.8) is 0 Å². The number of nitrogens with zero attached hydrogens (tertiary/aromatic N) is 5. The van der Waals surface area contributed by atoms with E-state index in [9.17, 15) is 9.59 Å². The molecule has 1 amide bonds. The van der Waals surface area contributed by atoms with E-state index in [1.165, 1.54) is 0 Å². The predicted molar refractivity (Wildman–Crippen MR) is 82.2 cm³/mol. The monoisotopic (exact) mass is 319 g/mol. The van der Waals surface area contributed by atoms with Crippen molar-refractivity contribution >= 4 is 17.6 Å². The number of carbonyl (C=O) groups is 1. The van der Waals surface area contributed by atoms with Gasteiger partial charge in [-0.05, 0) is 20.3 Å².